The highest BCUT2D eigenvalue weighted by atomic mass is 35.5. The number of rotatable bonds is 3. The van der Waals surface area contributed by atoms with Gasteiger partial charge in [-0.2, -0.15) is 13.2 Å². The van der Waals surface area contributed by atoms with E-state index in [-0.39, 0.29) is 23.7 Å². The van der Waals surface area contributed by atoms with Gasteiger partial charge in [-0.15, -0.1) is 12.4 Å². The van der Waals surface area contributed by atoms with Crippen LogP contribution in [0.5, 0.6) is 0 Å². The predicted molar refractivity (Wildman–Crippen MR) is 57.9 cm³/mol. The second kappa shape index (κ2) is 5.83. The van der Waals surface area contributed by atoms with Gasteiger partial charge < -0.3 is 5.73 Å². The highest BCUT2D eigenvalue weighted by Crippen LogP contribution is 2.31. The Morgan fingerprint density at radius 2 is 1.88 bits per heavy atom. The van der Waals surface area contributed by atoms with Crippen molar-refractivity contribution in [2.24, 2.45) is 5.73 Å². The predicted octanol–water partition coefficient (Wildman–Crippen LogP) is 2.97. The minimum atomic E-state index is -4.44. The highest BCUT2D eigenvalue weighted by molar-refractivity contribution is 5.85. The summed E-state index contributed by atoms with van der Waals surface area (Å²) in [5.74, 6) is 0. The number of benzene rings is 1. The molecule has 17 heavy (non-hydrogen) atoms. The van der Waals surface area contributed by atoms with Gasteiger partial charge in [0, 0.05) is 17.7 Å². The molecule has 0 amide bonds. The van der Waals surface area contributed by atoms with Crippen LogP contribution < -0.4 is 5.73 Å². The molecular formula is C9H10ClF3N2O2. The van der Waals surface area contributed by atoms with Crippen LogP contribution in [0, 0.1) is 10.1 Å². The van der Waals surface area contributed by atoms with Gasteiger partial charge in [0.1, 0.15) is 0 Å². The minimum Gasteiger partial charge on any atom is -0.323 e. The summed E-state index contributed by atoms with van der Waals surface area (Å²) < 4.78 is 36.2. The van der Waals surface area contributed by atoms with Gasteiger partial charge in [0.2, 0.25) is 0 Å². The molecule has 2 N–H and O–H groups in total. The van der Waals surface area contributed by atoms with Crippen molar-refractivity contribution in [3.63, 3.8) is 0 Å². The van der Waals surface area contributed by atoms with Crippen LogP contribution >= 0.6 is 12.4 Å². The molecule has 8 heteroatoms. The highest BCUT2D eigenvalue weighted by Gasteiger charge is 2.33. The van der Waals surface area contributed by atoms with E-state index in [2.05, 4.69) is 0 Å². The van der Waals surface area contributed by atoms with E-state index in [4.69, 9.17) is 5.73 Å². The van der Waals surface area contributed by atoms with E-state index in [9.17, 15) is 23.3 Å². The van der Waals surface area contributed by atoms with Crippen molar-refractivity contribution in [2.45, 2.75) is 18.6 Å². The average molecular weight is 271 g/mol. The average Bonchev–Trinajstić information content (AvgIpc) is 2.15. The van der Waals surface area contributed by atoms with Crippen molar-refractivity contribution in [1.29, 1.82) is 0 Å². The monoisotopic (exact) mass is 270 g/mol. The molecule has 0 heterocycles. The number of para-hydroxylation sites is 1. The topological polar surface area (TPSA) is 69.2 Å². The first-order chi connectivity index (χ1) is 7.31. The first-order valence-corrected chi connectivity index (χ1v) is 4.37. The normalized spacial score (nSPS) is 12.7. The first-order valence-electron chi connectivity index (χ1n) is 4.37. The van der Waals surface area contributed by atoms with Crippen LogP contribution in [0.2, 0.25) is 0 Å². The van der Waals surface area contributed by atoms with Crippen molar-refractivity contribution in [3.05, 3.63) is 39.9 Å². The van der Waals surface area contributed by atoms with Gasteiger partial charge in [-0.3, -0.25) is 10.1 Å². The number of nitro groups is 1. The van der Waals surface area contributed by atoms with Crippen LogP contribution in [0.15, 0.2) is 24.3 Å². The smallest absolute Gasteiger partial charge is 0.323 e. The Morgan fingerprint density at radius 3 is 2.35 bits per heavy atom. The first kappa shape index (κ1) is 15.7. The molecule has 1 atom stereocenters. The molecule has 0 spiro atoms. The maximum Gasteiger partial charge on any atom is 0.390 e. The van der Waals surface area contributed by atoms with Crippen molar-refractivity contribution in [1.82, 2.24) is 0 Å². The molecule has 1 aromatic carbocycles. The SMILES string of the molecule is Cl.N[C@H](CC(F)(F)F)c1ccccc1[N+](=O)[O-]. The molecule has 0 radical (unpaired) electrons. The molecule has 0 aromatic heterocycles. The maximum atomic E-state index is 12.1. The van der Waals surface area contributed by atoms with Crippen molar-refractivity contribution < 1.29 is 18.1 Å². The summed E-state index contributed by atoms with van der Waals surface area (Å²) in [6.45, 7) is 0. The second-order valence-electron chi connectivity index (χ2n) is 3.24. The van der Waals surface area contributed by atoms with E-state index in [1.807, 2.05) is 0 Å². The van der Waals surface area contributed by atoms with Gasteiger partial charge in [-0.25, -0.2) is 0 Å². The number of hydrogen-bond donors (Lipinski definition) is 1. The van der Waals surface area contributed by atoms with Crippen molar-refractivity contribution in [2.75, 3.05) is 0 Å². The zero-order valence-electron chi connectivity index (χ0n) is 8.48. The van der Waals surface area contributed by atoms with E-state index in [0.29, 0.717) is 0 Å². The summed E-state index contributed by atoms with van der Waals surface area (Å²) in [5, 5.41) is 10.6. The molecule has 1 aromatic rings. The lowest BCUT2D eigenvalue weighted by atomic mass is 10.0. The molecule has 0 aliphatic rings. The van der Waals surface area contributed by atoms with Crippen molar-refractivity contribution in [3.8, 4) is 0 Å². The Kier molecular flexibility index (Phi) is 5.37. The number of halogens is 4. The molecule has 0 saturated carbocycles. The summed E-state index contributed by atoms with van der Waals surface area (Å²) >= 11 is 0. The lowest BCUT2D eigenvalue weighted by Crippen LogP contribution is -2.21. The van der Waals surface area contributed by atoms with E-state index in [1.54, 1.807) is 0 Å². The van der Waals surface area contributed by atoms with Gasteiger partial charge in [-0.05, 0) is 0 Å². The fraction of sp³-hybridized carbons (Fsp3) is 0.333. The van der Waals surface area contributed by atoms with Crippen LogP contribution in [0.25, 0.3) is 0 Å². The number of nitrogens with zero attached hydrogens (tertiary/aromatic N) is 1. The summed E-state index contributed by atoms with van der Waals surface area (Å²) in [6, 6.07) is 3.74. The number of nitrogens with two attached hydrogens (primary N) is 1. The summed E-state index contributed by atoms with van der Waals surface area (Å²) in [6.07, 6.45) is -5.72. The maximum absolute atomic E-state index is 12.1. The van der Waals surface area contributed by atoms with E-state index in [0.717, 1.165) is 6.07 Å². The molecule has 0 bridgehead atoms. The molecule has 0 unspecified atom stereocenters. The molecular weight excluding hydrogens is 261 g/mol. The Labute approximate surface area is 101 Å². The van der Waals surface area contributed by atoms with E-state index >= 15 is 0 Å². The molecule has 0 saturated heterocycles. The zero-order chi connectivity index (χ0) is 12.3. The van der Waals surface area contributed by atoms with Gasteiger partial charge in [-0.1, -0.05) is 18.2 Å². The molecule has 4 nitrogen and oxygen atoms in total. The van der Waals surface area contributed by atoms with Crippen LogP contribution in [-0.2, 0) is 0 Å². The van der Waals surface area contributed by atoms with Gasteiger partial charge in [0.05, 0.1) is 11.3 Å². The van der Waals surface area contributed by atoms with Crippen molar-refractivity contribution >= 4 is 18.1 Å². The summed E-state index contributed by atoms with van der Waals surface area (Å²) in [5.41, 5.74) is 4.80. The van der Waals surface area contributed by atoms with Gasteiger partial charge in [0.25, 0.3) is 5.69 Å². The molecule has 1 rings (SSSR count). The fourth-order valence-electron chi connectivity index (χ4n) is 1.33. The Hall–Kier alpha value is -1.34. The third-order valence-corrected chi connectivity index (χ3v) is 1.98. The van der Waals surface area contributed by atoms with Gasteiger partial charge >= 0.3 is 6.18 Å². The third kappa shape index (κ3) is 4.58. The molecule has 0 aliphatic heterocycles. The van der Waals surface area contributed by atoms with E-state index in [1.165, 1.54) is 18.2 Å². The van der Waals surface area contributed by atoms with Crippen LogP contribution in [-0.4, -0.2) is 11.1 Å². The number of nitro benzene ring substituents is 1. The van der Waals surface area contributed by atoms with Crippen LogP contribution in [0.1, 0.15) is 18.0 Å². The largest absolute Gasteiger partial charge is 0.390 e. The Balaban J connectivity index is 0.00000256. The summed E-state index contributed by atoms with van der Waals surface area (Å²) in [4.78, 5) is 9.82. The quantitative estimate of drug-likeness (QED) is 0.678. The number of alkyl halides is 3. The Bertz CT molecular complexity index is 398. The summed E-state index contributed by atoms with van der Waals surface area (Å²) in [7, 11) is 0. The van der Waals surface area contributed by atoms with Gasteiger partial charge in [0.15, 0.2) is 0 Å². The second-order valence-corrected chi connectivity index (χ2v) is 3.24. The molecule has 96 valence electrons. The lowest BCUT2D eigenvalue weighted by molar-refractivity contribution is -0.385. The minimum absolute atomic E-state index is 0. The van der Waals surface area contributed by atoms with E-state index < -0.39 is 23.6 Å². The van der Waals surface area contributed by atoms with Crippen LogP contribution in [0.4, 0.5) is 18.9 Å². The Morgan fingerprint density at radius 1 is 1.35 bits per heavy atom. The fourth-order valence-corrected chi connectivity index (χ4v) is 1.33. The standard InChI is InChI=1S/C9H9F3N2O2.ClH/c10-9(11,12)5-7(13)6-3-1-2-4-8(6)14(15)16;/h1-4,7H,5,13H2;1H/t7-;/m1./s1. The third-order valence-electron chi connectivity index (χ3n) is 1.98. The molecule has 0 fully saturated rings. The van der Waals surface area contributed by atoms with Crippen LogP contribution in [0.3, 0.4) is 0 Å². The lowest BCUT2D eigenvalue weighted by Gasteiger charge is -2.14. The molecule has 0 aliphatic carbocycles. The number of hydrogen-bond acceptors (Lipinski definition) is 3. The zero-order valence-corrected chi connectivity index (χ0v) is 9.29.